The van der Waals surface area contributed by atoms with Gasteiger partial charge < -0.3 is 9.47 Å². The summed E-state index contributed by atoms with van der Waals surface area (Å²) in [6.45, 7) is 0. The van der Waals surface area contributed by atoms with Gasteiger partial charge in [0.25, 0.3) is 0 Å². The molecule has 0 N–H and O–H groups in total. The average molecular weight is 521 g/mol. The van der Waals surface area contributed by atoms with Crippen LogP contribution in [0.2, 0.25) is 0 Å². The van der Waals surface area contributed by atoms with E-state index in [-0.39, 0.29) is 0 Å². The number of fused-ring (bicyclic) bond motifs is 2. The third kappa shape index (κ3) is 2.44. The standard InChI is InChI=1S/C26H16O2S5/c1-27-23-24(28-2)26-22-20-14-8-12(31-16(14)4-6-18(20)33-26)10-29-9-11-7-13-15(30-11)3-5-17-19(13)21(22)25(23)32-17/h3-8H,9-10H2,1-2H3. The summed E-state index contributed by atoms with van der Waals surface area (Å²) >= 11 is 9.55. The van der Waals surface area contributed by atoms with E-state index < -0.39 is 0 Å². The lowest BCUT2D eigenvalue weighted by Gasteiger charge is -2.11. The second kappa shape index (κ2) is 6.77. The smallest absolute Gasteiger partial charge is 0.180 e. The molecule has 4 aromatic heterocycles. The molecule has 0 atom stereocenters. The van der Waals surface area contributed by atoms with Gasteiger partial charge in [-0.2, -0.15) is 11.8 Å². The molecule has 0 saturated heterocycles. The van der Waals surface area contributed by atoms with Crippen molar-refractivity contribution >= 4 is 118 Å². The molecule has 0 saturated carbocycles. The van der Waals surface area contributed by atoms with Crippen LogP contribution in [0.3, 0.4) is 0 Å². The van der Waals surface area contributed by atoms with Crippen LogP contribution < -0.4 is 9.47 Å². The van der Waals surface area contributed by atoms with Gasteiger partial charge in [-0.1, -0.05) is 0 Å². The van der Waals surface area contributed by atoms with Gasteiger partial charge in [0.05, 0.1) is 23.6 Å². The molecular weight excluding hydrogens is 505 g/mol. The van der Waals surface area contributed by atoms with E-state index in [0.717, 1.165) is 23.0 Å². The molecule has 3 aromatic carbocycles. The number of benzene rings is 3. The van der Waals surface area contributed by atoms with Crippen molar-refractivity contribution in [2.45, 2.75) is 11.5 Å². The van der Waals surface area contributed by atoms with Crippen molar-refractivity contribution in [1.82, 2.24) is 0 Å². The first-order chi connectivity index (χ1) is 16.2. The number of thioether (sulfide) groups is 1. The van der Waals surface area contributed by atoms with E-state index in [4.69, 9.17) is 9.47 Å². The van der Waals surface area contributed by atoms with Gasteiger partial charge in [0.15, 0.2) is 11.5 Å². The first kappa shape index (κ1) is 19.3. The minimum absolute atomic E-state index is 0.860. The minimum Gasteiger partial charge on any atom is -0.491 e. The summed E-state index contributed by atoms with van der Waals surface area (Å²) in [6.07, 6.45) is 0. The fraction of sp³-hybridized carbons (Fsp3) is 0.154. The van der Waals surface area contributed by atoms with E-state index in [1.165, 1.54) is 70.3 Å². The zero-order chi connectivity index (χ0) is 21.8. The van der Waals surface area contributed by atoms with Crippen LogP contribution in [-0.4, -0.2) is 14.2 Å². The van der Waals surface area contributed by atoms with Gasteiger partial charge in [-0.25, -0.2) is 0 Å². The molecule has 0 fully saturated rings. The first-order valence-corrected chi connectivity index (χ1v) is 15.0. The summed E-state index contributed by atoms with van der Waals surface area (Å²) in [5.41, 5.74) is 0. The van der Waals surface area contributed by atoms with Crippen LogP contribution in [0.1, 0.15) is 9.75 Å². The van der Waals surface area contributed by atoms with E-state index in [9.17, 15) is 0 Å². The van der Waals surface area contributed by atoms with Crippen LogP contribution in [0.15, 0.2) is 36.4 Å². The van der Waals surface area contributed by atoms with Crippen LogP contribution in [0.5, 0.6) is 11.5 Å². The van der Waals surface area contributed by atoms with Gasteiger partial charge >= 0.3 is 0 Å². The summed E-state index contributed by atoms with van der Waals surface area (Å²) in [6, 6.07) is 14.1. The molecule has 0 unspecified atom stereocenters. The Bertz CT molecular complexity index is 1790. The third-order valence-corrected chi connectivity index (χ3v) is 12.5. The second-order valence-corrected chi connectivity index (χ2v) is 13.7. The Labute approximate surface area is 209 Å². The number of ether oxygens (including phenoxy) is 2. The van der Waals surface area contributed by atoms with Crippen LogP contribution in [0, 0.1) is 0 Å². The van der Waals surface area contributed by atoms with Gasteiger partial charge in [0.2, 0.25) is 0 Å². The van der Waals surface area contributed by atoms with E-state index >= 15 is 0 Å². The second-order valence-electron chi connectivity index (χ2n) is 8.30. The van der Waals surface area contributed by atoms with Gasteiger partial charge in [-0.15, -0.1) is 45.3 Å². The number of rotatable bonds is 2. The molecule has 4 bridgehead atoms. The molecule has 0 radical (unpaired) electrons. The summed E-state index contributed by atoms with van der Waals surface area (Å²) in [4.78, 5) is 2.90. The van der Waals surface area contributed by atoms with Crippen molar-refractivity contribution in [3.8, 4) is 11.5 Å². The fourth-order valence-electron chi connectivity index (χ4n) is 5.29. The fourth-order valence-corrected chi connectivity index (χ4v) is 11.2. The van der Waals surface area contributed by atoms with Gasteiger partial charge in [0, 0.05) is 72.4 Å². The van der Waals surface area contributed by atoms with Crippen LogP contribution in [0.25, 0.3) is 60.5 Å². The molecule has 0 amide bonds. The maximum absolute atomic E-state index is 6.02. The minimum atomic E-state index is 0.860. The zero-order valence-corrected chi connectivity index (χ0v) is 21.8. The molecule has 0 spiro atoms. The zero-order valence-electron chi connectivity index (χ0n) is 17.7. The monoisotopic (exact) mass is 520 g/mol. The van der Waals surface area contributed by atoms with Crippen molar-refractivity contribution < 1.29 is 9.47 Å². The predicted octanol–water partition coefficient (Wildman–Crippen LogP) is 9.62. The van der Waals surface area contributed by atoms with Crippen LogP contribution in [-0.2, 0) is 11.5 Å². The third-order valence-electron chi connectivity index (χ3n) is 6.57. The topological polar surface area (TPSA) is 18.5 Å². The Morgan fingerprint density at radius 2 is 1.03 bits per heavy atom. The summed E-state index contributed by atoms with van der Waals surface area (Å²) in [5.74, 6) is 3.83. The van der Waals surface area contributed by atoms with Gasteiger partial charge in [-0.3, -0.25) is 0 Å². The SMILES string of the molecule is COc1c(OC)c2sc3ccc4sc5cc4c3c2c2c1sc1ccc3sc(cc3c12)CSC5. The molecular formula is C26H16O2S5. The van der Waals surface area contributed by atoms with E-state index in [2.05, 4.69) is 36.4 Å². The van der Waals surface area contributed by atoms with Crippen molar-refractivity contribution in [1.29, 1.82) is 0 Å². The van der Waals surface area contributed by atoms with Crippen LogP contribution in [0.4, 0.5) is 0 Å². The summed E-state index contributed by atoms with van der Waals surface area (Å²) in [5, 5.41) is 8.16. The Hall–Kier alpha value is -2.03. The maximum atomic E-state index is 6.02. The van der Waals surface area contributed by atoms with E-state index in [1.54, 1.807) is 14.2 Å². The Balaban J connectivity index is 1.77. The highest BCUT2D eigenvalue weighted by atomic mass is 32.2. The lowest BCUT2D eigenvalue weighted by Crippen LogP contribution is -1.91. The van der Waals surface area contributed by atoms with E-state index in [1.807, 2.05) is 57.1 Å². The number of hydrogen-bond acceptors (Lipinski definition) is 7. The van der Waals surface area contributed by atoms with Crippen LogP contribution >= 0.6 is 57.1 Å². The predicted molar refractivity (Wildman–Crippen MR) is 151 cm³/mol. The molecule has 1 aliphatic heterocycles. The van der Waals surface area contributed by atoms with E-state index in [0.29, 0.717) is 0 Å². The normalized spacial score (nSPS) is 14.0. The first-order valence-electron chi connectivity index (χ1n) is 10.6. The molecule has 162 valence electrons. The largest absolute Gasteiger partial charge is 0.491 e. The summed E-state index contributed by atoms with van der Waals surface area (Å²) < 4.78 is 19.8. The number of thiophene rings is 4. The Kier molecular flexibility index (Phi) is 3.96. The summed E-state index contributed by atoms with van der Waals surface area (Å²) in [7, 11) is 3.53. The van der Waals surface area contributed by atoms with Gasteiger partial charge in [-0.05, 0) is 36.4 Å². The van der Waals surface area contributed by atoms with Crippen molar-refractivity contribution in [2.75, 3.05) is 14.2 Å². The molecule has 0 aliphatic carbocycles. The molecule has 8 rings (SSSR count). The number of methoxy groups -OCH3 is 2. The van der Waals surface area contributed by atoms with Crippen molar-refractivity contribution in [3.05, 3.63) is 46.2 Å². The lowest BCUT2D eigenvalue weighted by molar-refractivity contribution is 0.363. The molecule has 7 heteroatoms. The molecule has 33 heavy (non-hydrogen) atoms. The highest BCUT2D eigenvalue weighted by Crippen LogP contribution is 2.56. The molecule has 2 nitrogen and oxygen atoms in total. The molecule has 5 heterocycles. The Morgan fingerprint density at radius 3 is 1.48 bits per heavy atom. The Morgan fingerprint density at radius 1 is 0.576 bits per heavy atom. The quantitative estimate of drug-likeness (QED) is 0.226. The average Bonchev–Trinajstić information content (AvgIpc) is 3.57. The lowest BCUT2D eigenvalue weighted by atomic mass is 10.0. The van der Waals surface area contributed by atoms with Crippen molar-refractivity contribution in [2.24, 2.45) is 0 Å². The maximum Gasteiger partial charge on any atom is 0.180 e. The highest BCUT2D eigenvalue weighted by Gasteiger charge is 2.26. The van der Waals surface area contributed by atoms with Crippen molar-refractivity contribution in [3.63, 3.8) is 0 Å². The number of hydrogen-bond donors (Lipinski definition) is 0. The highest BCUT2D eigenvalue weighted by molar-refractivity contribution is 7.98. The van der Waals surface area contributed by atoms with Gasteiger partial charge in [0.1, 0.15) is 0 Å². The molecule has 7 aromatic rings. The molecule has 1 aliphatic rings.